The number of rotatable bonds is 6. The summed E-state index contributed by atoms with van der Waals surface area (Å²) in [7, 11) is 4.04. The van der Waals surface area contributed by atoms with E-state index in [1.54, 1.807) is 0 Å². The number of likely N-dealkylation sites (N-methyl/N-ethyl adjacent to an activating group) is 1. The van der Waals surface area contributed by atoms with Crippen LogP contribution in [0.5, 0.6) is 0 Å². The molecule has 0 saturated heterocycles. The zero-order valence-corrected chi connectivity index (χ0v) is 11.8. The van der Waals surface area contributed by atoms with E-state index in [4.69, 9.17) is 0 Å². The predicted octanol–water partition coefficient (Wildman–Crippen LogP) is 2.52. The van der Waals surface area contributed by atoms with Crippen LogP contribution in [0.15, 0.2) is 12.2 Å². The summed E-state index contributed by atoms with van der Waals surface area (Å²) >= 11 is 0. The molecule has 0 fully saturated rings. The van der Waals surface area contributed by atoms with Crippen molar-refractivity contribution in [1.29, 1.82) is 0 Å². The third kappa shape index (κ3) is 3.70. The van der Waals surface area contributed by atoms with Gasteiger partial charge in [0.2, 0.25) is 0 Å². The number of aromatic nitrogens is 2. The standard InChI is InChI=1S/C14H25N3/c1-10(2)7-8-13(15-5)9-14-11(3)16-17(6)12(14)4/h13,15H,1,7-9H2,2-6H3. The van der Waals surface area contributed by atoms with E-state index in [1.165, 1.54) is 16.8 Å². The molecule has 1 rings (SSSR count). The summed E-state index contributed by atoms with van der Waals surface area (Å²) in [4.78, 5) is 0. The van der Waals surface area contributed by atoms with E-state index < -0.39 is 0 Å². The van der Waals surface area contributed by atoms with Crippen molar-refractivity contribution in [3.8, 4) is 0 Å². The van der Waals surface area contributed by atoms with Gasteiger partial charge in [0, 0.05) is 18.8 Å². The SMILES string of the molecule is C=C(C)CCC(Cc1c(C)nn(C)c1C)NC. The molecule has 0 aliphatic heterocycles. The molecular formula is C14H25N3. The first-order chi connectivity index (χ1) is 7.95. The summed E-state index contributed by atoms with van der Waals surface area (Å²) in [5.41, 5.74) is 5.07. The van der Waals surface area contributed by atoms with Gasteiger partial charge in [0.25, 0.3) is 0 Å². The molecular weight excluding hydrogens is 210 g/mol. The Morgan fingerprint density at radius 3 is 2.53 bits per heavy atom. The number of nitrogens with one attached hydrogen (secondary N) is 1. The second kappa shape index (κ2) is 6.01. The third-order valence-corrected chi connectivity index (χ3v) is 3.44. The Hall–Kier alpha value is -1.09. The first-order valence-electron chi connectivity index (χ1n) is 6.26. The molecule has 1 unspecified atom stereocenters. The smallest absolute Gasteiger partial charge is 0.0628 e. The van der Waals surface area contributed by atoms with Crippen LogP contribution >= 0.6 is 0 Å². The van der Waals surface area contributed by atoms with Crippen LogP contribution < -0.4 is 5.32 Å². The first-order valence-corrected chi connectivity index (χ1v) is 6.26. The van der Waals surface area contributed by atoms with Gasteiger partial charge in [-0.15, -0.1) is 6.58 Å². The molecule has 1 aromatic rings. The van der Waals surface area contributed by atoms with Crippen LogP contribution in [0.1, 0.15) is 36.7 Å². The normalized spacial score (nSPS) is 12.8. The van der Waals surface area contributed by atoms with Gasteiger partial charge in [-0.05, 0) is 52.6 Å². The summed E-state index contributed by atoms with van der Waals surface area (Å²) in [5.74, 6) is 0. The number of nitrogens with zero attached hydrogens (tertiary/aromatic N) is 2. The van der Waals surface area contributed by atoms with Crippen LogP contribution in [0.4, 0.5) is 0 Å². The van der Waals surface area contributed by atoms with Crippen molar-refractivity contribution >= 4 is 0 Å². The summed E-state index contributed by atoms with van der Waals surface area (Å²) in [5, 5.41) is 7.86. The Labute approximate surface area is 105 Å². The van der Waals surface area contributed by atoms with E-state index in [0.717, 1.165) is 25.0 Å². The monoisotopic (exact) mass is 235 g/mol. The van der Waals surface area contributed by atoms with E-state index >= 15 is 0 Å². The van der Waals surface area contributed by atoms with E-state index in [-0.39, 0.29) is 0 Å². The molecule has 96 valence electrons. The second-order valence-corrected chi connectivity index (χ2v) is 4.96. The Morgan fingerprint density at radius 1 is 1.47 bits per heavy atom. The van der Waals surface area contributed by atoms with Gasteiger partial charge in [-0.3, -0.25) is 4.68 Å². The fraction of sp³-hybridized carbons (Fsp3) is 0.643. The van der Waals surface area contributed by atoms with Crippen LogP contribution in [0, 0.1) is 13.8 Å². The maximum absolute atomic E-state index is 4.46. The van der Waals surface area contributed by atoms with Crippen molar-refractivity contribution in [3.63, 3.8) is 0 Å². The molecule has 0 aliphatic carbocycles. The van der Waals surface area contributed by atoms with E-state index in [9.17, 15) is 0 Å². The summed E-state index contributed by atoms with van der Waals surface area (Å²) < 4.78 is 1.97. The topological polar surface area (TPSA) is 29.9 Å². The van der Waals surface area contributed by atoms with E-state index in [0.29, 0.717) is 6.04 Å². The number of hydrogen-bond donors (Lipinski definition) is 1. The average Bonchev–Trinajstić information content (AvgIpc) is 2.49. The molecule has 1 atom stereocenters. The molecule has 0 spiro atoms. The Morgan fingerprint density at radius 2 is 2.12 bits per heavy atom. The summed E-state index contributed by atoms with van der Waals surface area (Å²) in [6.07, 6.45) is 3.28. The Balaban J connectivity index is 2.70. The molecule has 3 heteroatoms. The molecule has 0 aliphatic rings. The molecule has 0 bridgehead atoms. The van der Waals surface area contributed by atoms with Crippen molar-refractivity contribution < 1.29 is 0 Å². The van der Waals surface area contributed by atoms with Crippen LogP contribution in [-0.4, -0.2) is 22.9 Å². The van der Waals surface area contributed by atoms with E-state index in [2.05, 4.69) is 37.8 Å². The molecule has 1 N–H and O–H groups in total. The van der Waals surface area contributed by atoms with Gasteiger partial charge in [0.15, 0.2) is 0 Å². The molecule has 1 heterocycles. The quantitative estimate of drug-likeness (QED) is 0.768. The first kappa shape index (κ1) is 14.0. The summed E-state index contributed by atoms with van der Waals surface area (Å²) in [6.45, 7) is 10.3. The number of allylic oxidation sites excluding steroid dienone is 1. The van der Waals surface area contributed by atoms with Gasteiger partial charge >= 0.3 is 0 Å². The zero-order chi connectivity index (χ0) is 13.0. The second-order valence-electron chi connectivity index (χ2n) is 4.96. The van der Waals surface area contributed by atoms with E-state index in [1.807, 2.05) is 18.8 Å². The highest BCUT2D eigenvalue weighted by Gasteiger charge is 2.14. The van der Waals surface area contributed by atoms with Gasteiger partial charge in [0.1, 0.15) is 0 Å². The molecule has 1 aromatic heterocycles. The van der Waals surface area contributed by atoms with Crippen molar-refractivity contribution in [2.75, 3.05) is 7.05 Å². The van der Waals surface area contributed by atoms with Gasteiger partial charge in [0.05, 0.1) is 5.69 Å². The maximum Gasteiger partial charge on any atom is 0.0628 e. The molecule has 0 amide bonds. The predicted molar refractivity (Wildman–Crippen MR) is 73.3 cm³/mol. The summed E-state index contributed by atoms with van der Waals surface area (Å²) in [6, 6.07) is 0.508. The molecule has 0 saturated carbocycles. The minimum Gasteiger partial charge on any atom is -0.317 e. The van der Waals surface area contributed by atoms with Gasteiger partial charge in [-0.1, -0.05) is 5.57 Å². The maximum atomic E-state index is 4.46. The average molecular weight is 235 g/mol. The molecule has 17 heavy (non-hydrogen) atoms. The van der Waals surface area contributed by atoms with Crippen molar-refractivity contribution in [1.82, 2.24) is 15.1 Å². The lowest BCUT2D eigenvalue weighted by molar-refractivity contribution is 0.517. The molecule has 3 nitrogen and oxygen atoms in total. The fourth-order valence-electron chi connectivity index (χ4n) is 2.13. The number of hydrogen-bond acceptors (Lipinski definition) is 2. The van der Waals surface area contributed by atoms with Crippen LogP contribution in [0.2, 0.25) is 0 Å². The lowest BCUT2D eigenvalue weighted by Gasteiger charge is -2.16. The van der Waals surface area contributed by atoms with Crippen molar-refractivity contribution in [2.24, 2.45) is 7.05 Å². The van der Waals surface area contributed by atoms with Crippen molar-refractivity contribution in [2.45, 2.75) is 46.1 Å². The minimum absolute atomic E-state index is 0.508. The highest BCUT2D eigenvalue weighted by molar-refractivity contribution is 5.25. The highest BCUT2D eigenvalue weighted by atomic mass is 15.3. The molecule has 0 aromatic carbocycles. The fourth-order valence-corrected chi connectivity index (χ4v) is 2.13. The molecule has 0 radical (unpaired) electrons. The largest absolute Gasteiger partial charge is 0.317 e. The zero-order valence-electron chi connectivity index (χ0n) is 11.8. The van der Waals surface area contributed by atoms with Gasteiger partial charge < -0.3 is 5.32 Å². The van der Waals surface area contributed by atoms with Gasteiger partial charge in [-0.2, -0.15) is 5.10 Å². The Kier molecular flexibility index (Phi) is 4.94. The number of aryl methyl sites for hydroxylation is 2. The third-order valence-electron chi connectivity index (χ3n) is 3.44. The minimum atomic E-state index is 0.508. The van der Waals surface area contributed by atoms with Crippen LogP contribution in [0.3, 0.4) is 0 Å². The lowest BCUT2D eigenvalue weighted by atomic mass is 9.99. The van der Waals surface area contributed by atoms with Gasteiger partial charge in [-0.25, -0.2) is 0 Å². The highest BCUT2D eigenvalue weighted by Crippen LogP contribution is 2.16. The Bertz CT molecular complexity index is 390. The van der Waals surface area contributed by atoms with Crippen LogP contribution in [0.25, 0.3) is 0 Å². The van der Waals surface area contributed by atoms with Crippen molar-refractivity contribution in [3.05, 3.63) is 29.1 Å². The lowest BCUT2D eigenvalue weighted by Crippen LogP contribution is -2.28. The van der Waals surface area contributed by atoms with Crippen LogP contribution in [-0.2, 0) is 13.5 Å².